The van der Waals surface area contributed by atoms with Gasteiger partial charge in [0.1, 0.15) is 5.75 Å². The van der Waals surface area contributed by atoms with Crippen LogP contribution in [0.25, 0.3) is 0 Å². The lowest BCUT2D eigenvalue weighted by atomic mass is 9.79. The number of methoxy groups -OCH3 is 1. The van der Waals surface area contributed by atoms with Crippen LogP contribution in [0.5, 0.6) is 5.75 Å². The number of hydrogen-bond donors (Lipinski definition) is 2. The number of nitrogens with zero attached hydrogens (tertiary/aromatic N) is 3. The molecule has 1 aliphatic heterocycles. The van der Waals surface area contributed by atoms with Crippen LogP contribution in [0.4, 0.5) is 24.8 Å². The smallest absolute Gasteiger partial charge is 0.419 e. The number of rotatable bonds is 9. The summed E-state index contributed by atoms with van der Waals surface area (Å²) < 4.78 is 47.1. The van der Waals surface area contributed by atoms with Gasteiger partial charge < -0.3 is 15.4 Å². The van der Waals surface area contributed by atoms with Crippen LogP contribution >= 0.6 is 0 Å². The van der Waals surface area contributed by atoms with E-state index in [1.54, 1.807) is 7.11 Å². The Balaban J connectivity index is 1.30. The van der Waals surface area contributed by atoms with Gasteiger partial charge in [-0.3, -0.25) is 9.69 Å². The lowest BCUT2D eigenvalue weighted by Crippen LogP contribution is -2.43. The SMILES string of the molecule is COc1cc(CN2CCCC2)ccc1Nc1ncc(C(F)(F)F)c(CC[C@H]2C[C@@]23CCCC[C@H]3NC(C)=O)n1. The number of amides is 1. The van der Waals surface area contributed by atoms with Crippen LogP contribution < -0.4 is 15.4 Å². The molecule has 7 nitrogen and oxygen atoms in total. The first-order valence-corrected chi connectivity index (χ1v) is 14.0. The zero-order chi connectivity index (χ0) is 27.6. The van der Waals surface area contributed by atoms with Gasteiger partial charge in [0.2, 0.25) is 11.9 Å². The first-order valence-electron chi connectivity index (χ1n) is 14.0. The van der Waals surface area contributed by atoms with Crippen molar-refractivity contribution < 1.29 is 22.7 Å². The molecule has 2 heterocycles. The van der Waals surface area contributed by atoms with Gasteiger partial charge in [-0.25, -0.2) is 9.97 Å². The van der Waals surface area contributed by atoms with E-state index in [0.29, 0.717) is 17.9 Å². The predicted octanol–water partition coefficient (Wildman–Crippen LogP) is 5.86. The van der Waals surface area contributed by atoms with Crippen LogP contribution in [0.3, 0.4) is 0 Å². The number of ether oxygens (including phenoxy) is 1. The minimum atomic E-state index is -4.53. The molecule has 5 rings (SSSR count). The molecule has 2 N–H and O–H groups in total. The van der Waals surface area contributed by atoms with E-state index in [2.05, 4.69) is 25.5 Å². The minimum absolute atomic E-state index is 0.00134. The first kappa shape index (κ1) is 27.7. The fourth-order valence-electron chi connectivity index (χ4n) is 6.72. The number of carbonyl (C=O) groups is 1. The molecule has 2 aliphatic carbocycles. The molecular weight excluding hydrogens is 507 g/mol. The molecule has 1 spiro atoms. The maximum absolute atomic E-state index is 13.9. The van der Waals surface area contributed by atoms with E-state index in [0.717, 1.165) is 63.5 Å². The standard InChI is InChI=1S/C29H38F3N5O2/c1-19(38)34-26-7-3-4-12-28(26)16-21(28)9-11-23-22(29(30,31)32)17-33-27(35-23)36-24-10-8-20(15-25(24)39-2)18-37-13-5-6-14-37/h8,10,15,17,21,26H,3-7,9,11-14,16,18H2,1-2H3,(H,34,38)(H,33,35,36)/t21-,26+,28-/m0/s1. The number of aromatic nitrogens is 2. The molecule has 2 aromatic rings. The third-order valence-corrected chi connectivity index (χ3v) is 8.76. The van der Waals surface area contributed by atoms with E-state index in [1.807, 2.05) is 18.2 Å². The van der Waals surface area contributed by atoms with Crippen molar-refractivity contribution in [2.45, 2.75) is 83.5 Å². The predicted molar refractivity (Wildman–Crippen MR) is 143 cm³/mol. The Bertz CT molecular complexity index is 1180. The largest absolute Gasteiger partial charge is 0.495 e. The number of benzene rings is 1. The van der Waals surface area contributed by atoms with E-state index < -0.39 is 11.7 Å². The summed E-state index contributed by atoms with van der Waals surface area (Å²) in [5.41, 5.74) is 0.943. The van der Waals surface area contributed by atoms with E-state index in [4.69, 9.17) is 4.74 Å². The molecule has 3 aliphatic rings. The molecule has 10 heteroatoms. The van der Waals surface area contributed by atoms with Crippen LogP contribution in [0.15, 0.2) is 24.4 Å². The van der Waals surface area contributed by atoms with Crippen LogP contribution in [-0.2, 0) is 23.9 Å². The van der Waals surface area contributed by atoms with Crippen molar-refractivity contribution >= 4 is 17.5 Å². The summed E-state index contributed by atoms with van der Waals surface area (Å²) in [5, 5.41) is 6.18. The maximum atomic E-state index is 13.9. The zero-order valence-electron chi connectivity index (χ0n) is 22.7. The summed E-state index contributed by atoms with van der Waals surface area (Å²) in [6, 6.07) is 5.92. The van der Waals surface area contributed by atoms with Gasteiger partial charge in [0.25, 0.3) is 0 Å². The van der Waals surface area contributed by atoms with Crippen molar-refractivity contribution in [2.75, 3.05) is 25.5 Å². The van der Waals surface area contributed by atoms with Gasteiger partial charge in [-0.05, 0) is 87.1 Å². The quantitative estimate of drug-likeness (QED) is 0.411. The molecule has 39 heavy (non-hydrogen) atoms. The highest BCUT2D eigenvalue weighted by Crippen LogP contribution is 2.63. The summed E-state index contributed by atoms with van der Waals surface area (Å²) in [6.07, 6.45) is 4.63. The number of nitrogens with one attached hydrogen (secondary N) is 2. The Kier molecular flexibility index (Phi) is 8.03. The van der Waals surface area contributed by atoms with Crippen LogP contribution in [0.1, 0.15) is 75.1 Å². The van der Waals surface area contributed by atoms with Gasteiger partial charge in [-0.2, -0.15) is 13.2 Å². The Morgan fingerprint density at radius 2 is 2.00 bits per heavy atom. The number of carbonyl (C=O) groups excluding carboxylic acids is 1. The van der Waals surface area contributed by atoms with E-state index in [-0.39, 0.29) is 41.3 Å². The molecule has 2 saturated carbocycles. The lowest BCUT2D eigenvalue weighted by Gasteiger charge is -2.33. The Morgan fingerprint density at radius 3 is 2.72 bits per heavy atom. The van der Waals surface area contributed by atoms with Crippen LogP contribution in [0.2, 0.25) is 0 Å². The van der Waals surface area contributed by atoms with Crippen molar-refractivity contribution in [1.29, 1.82) is 0 Å². The third-order valence-electron chi connectivity index (χ3n) is 8.76. The third kappa shape index (κ3) is 6.31. The number of aryl methyl sites for hydroxylation is 1. The zero-order valence-corrected chi connectivity index (χ0v) is 22.7. The van der Waals surface area contributed by atoms with Gasteiger partial charge in [-0.15, -0.1) is 0 Å². The molecule has 0 bridgehead atoms. The lowest BCUT2D eigenvalue weighted by molar-refractivity contribution is -0.138. The number of anilines is 2. The number of hydrogen-bond acceptors (Lipinski definition) is 6. The first-order chi connectivity index (χ1) is 18.7. The molecule has 0 unspecified atom stereocenters. The van der Waals surface area contributed by atoms with Gasteiger partial charge in [0, 0.05) is 25.7 Å². The van der Waals surface area contributed by atoms with Gasteiger partial charge in [-0.1, -0.05) is 18.9 Å². The number of alkyl halides is 3. The second-order valence-electron chi connectivity index (χ2n) is 11.4. The number of halogens is 3. The molecule has 0 radical (unpaired) electrons. The Labute approximate surface area is 227 Å². The minimum Gasteiger partial charge on any atom is -0.495 e. The highest BCUT2D eigenvalue weighted by atomic mass is 19.4. The van der Waals surface area contributed by atoms with E-state index in [9.17, 15) is 18.0 Å². The molecule has 212 valence electrons. The monoisotopic (exact) mass is 545 g/mol. The van der Waals surface area contributed by atoms with Crippen molar-refractivity contribution in [3.8, 4) is 5.75 Å². The number of likely N-dealkylation sites (tertiary alicyclic amines) is 1. The molecule has 3 atom stereocenters. The normalized spacial score (nSPS) is 25.1. The highest BCUT2D eigenvalue weighted by molar-refractivity contribution is 5.73. The summed E-state index contributed by atoms with van der Waals surface area (Å²) in [7, 11) is 1.57. The van der Waals surface area contributed by atoms with Gasteiger partial charge in [0.15, 0.2) is 0 Å². The molecule has 1 saturated heterocycles. The van der Waals surface area contributed by atoms with Crippen molar-refractivity contribution in [2.24, 2.45) is 11.3 Å². The van der Waals surface area contributed by atoms with E-state index >= 15 is 0 Å². The summed E-state index contributed by atoms with van der Waals surface area (Å²) in [5.74, 6) is 0.948. The average molecular weight is 546 g/mol. The fourth-order valence-corrected chi connectivity index (χ4v) is 6.72. The topological polar surface area (TPSA) is 79.4 Å². The van der Waals surface area contributed by atoms with Crippen molar-refractivity contribution in [3.63, 3.8) is 0 Å². The van der Waals surface area contributed by atoms with Crippen LogP contribution in [0, 0.1) is 11.3 Å². The Morgan fingerprint density at radius 1 is 1.21 bits per heavy atom. The second-order valence-corrected chi connectivity index (χ2v) is 11.4. The van der Waals surface area contributed by atoms with Crippen molar-refractivity contribution in [1.82, 2.24) is 20.2 Å². The van der Waals surface area contributed by atoms with E-state index in [1.165, 1.54) is 19.8 Å². The molecule has 1 aromatic heterocycles. The summed E-state index contributed by atoms with van der Waals surface area (Å²) >= 11 is 0. The fraction of sp³-hybridized carbons (Fsp3) is 0.621. The van der Waals surface area contributed by atoms with Crippen molar-refractivity contribution in [3.05, 3.63) is 41.2 Å². The molecular formula is C29H38F3N5O2. The maximum Gasteiger partial charge on any atom is 0.419 e. The van der Waals surface area contributed by atoms with Crippen LogP contribution in [-0.4, -0.2) is 47.0 Å². The second kappa shape index (κ2) is 11.3. The van der Waals surface area contributed by atoms with Gasteiger partial charge in [0.05, 0.1) is 24.1 Å². The molecule has 1 aromatic carbocycles. The summed E-state index contributed by atoms with van der Waals surface area (Å²) in [6.45, 7) is 4.53. The Hall–Kier alpha value is -2.88. The molecule has 1 amide bonds. The highest BCUT2D eigenvalue weighted by Gasteiger charge is 2.58. The average Bonchev–Trinajstić information content (AvgIpc) is 3.31. The summed E-state index contributed by atoms with van der Waals surface area (Å²) in [4.78, 5) is 22.5. The van der Waals surface area contributed by atoms with Gasteiger partial charge >= 0.3 is 6.18 Å². The molecule has 3 fully saturated rings.